The van der Waals surface area contributed by atoms with Gasteiger partial charge in [-0.1, -0.05) is 134 Å². The lowest BCUT2D eigenvalue weighted by Crippen LogP contribution is -2.09. The third-order valence-electron chi connectivity index (χ3n) is 10.9. The van der Waals surface area contributed by atoms with Crippen LogP contribution in [0.4, 0.5) is 17.1 Å². The zero-order chi connectivity index (χ0) is 37.6. The van der Waals surface area contributed by atoms with Gasteiger partial charge in [0.2, 0.25) is 0 Å². The summed E-state index contributed by atoms with van der Waals surface area (Å²) in [6.07, 6.45) is 8.14. The van der Waals surface area contributed by atoms with Crippen molar-refractivity contribution in [3.8, 4) is 22.3 Å². The van der Waals surface area contributed by atoms with E-state index in [4.69, 9.17) is 4.42 Å². The standard InChI is InChI=1S/C53H38N2O/c1-3-5-15-41(4-2)55-50-20-10-8-16-46(50)49-35-40(27-33-51(49)55)37-22-28-42(29-23-37)54(44-32-24-36-13-6-7-14-39(36)34-44)43-30-25-38(26-31-43)45-18-12-19-48-47-17-9-11-21-52(47)56-53(45)48/h3-35H,2H2,1H3/b5-3-,41-15+. The molecule has 0 saturated carbocycles. The molecule has 0 aliphatic heterocycles. The summed E-state index contributed by atoms with van der Waals surface area (Å²) >= 11 is 0. The average molecular weight is 719 g/mol. The minimum Gasteiger partial charge on any atom is -0.455 e. The lowest BCUT2D eigenvalue weighted by Gasteiger charge is -2.26. The summed E-state index contributed by atoms with van der Waals surface area (Å²) in [5.41, 5.74) is 13.0. The molecule has 56 heavy (non-hydrogen) atoms. The maximum absolute atomic E-state index is 6.40. The summed E-state index contributed by atoms with van der Waals surface area (Å²) in [7, 11) is 0. The first-order valence-corrected chi connectivity index (χ1v) is 19.1. The average Bonchev–Trinajstić information content (AvgIpc) is 3.80. The SMILES string of the molecule is C=C/C(=C\C=C/C)n1c2ccccc2c2cc(-c3ccc(N(c4ccc(-c5cccc6c5oc5ccccc56)cc4)c4ccc5ccccc5c4)cc3)ccc21. The van der Waals surface area contributed by atoms with Crippen LogP contribution in [0.2, 0.25) is 0 Å². The summed E-state index contributed by atoms with van der Waals surface area (Å²) in [6, 6.07) is 63.1. The van der Waals surface area contributed by atoms with E-state index >= 15 is 0 Å². The van der Waals surface area contributed by atoms with Crippen LogP contribution in [0.15, 0.2) is 211 Å². The van der Waals surface area contributed by atoms with Crippen LogP contribution < -0.4 is 4.90 Å². The molecule has 0 unspecified atom stereocenters. The number of hydrogen-bond donors (Lipinski definition) is 0. The summed E-state index contributed by atoms with van der Waals surface area (Å²) in [6.45, 7) is 6.17. The monoisotopic (exact) mass is 718 g/mol. The summed E-state index contributed by atoms with van der Waals surface area (Å²) in [5, 5.41) is 7.12. The summed E-state index contributed by atoms with van der Waals surface area (Å²) in [4.78, 5) is 2.34. The number of allylic oxidation sites excluding steroid dienone is 5. The molecule has 10 rings (SSSR count). The normalized spacial score (nSPS) is 12.1. The largest absolute Gasteiger partial charge is 0.455 e. The highest BCUT2D eigenvalue weighted by molar-refractivity contribution is 6.12. The molecule has 8 aromatic carbocycles. The molecule has 3 nitrogen and oxygen atoms in total. The molecule has 2 aromatic heterocycles. The van der Waals surface area contributed by atoms with Crippen molar-refractivity contribution < 1.29 is 4.42 Å². The maximum atomic E-state index is 6.40. The summed E-state index contributed by atoms with van der Waals surface area (Å²) in [5.74, 6) is 0. The van der Waals surface area contributed by atoms with Crippen molar-refractivity contribution >= 4 is 77.3 Å². The van der Waals surface area contributed by atoms with Crippen LogP contribution in [0.25, 0.3) is 82.5 Å². The van der Waals surface area contributed by atoms with Gasteiger partial charge in [-0.2, -0.15) is 0 Å². The molecule has 0 bridgehead atoms. The number of para-hydroxylation sites is 3. The second-order valence-corrected chi connectivity index (χ2v) is 14.1. The fourth-order valence-electron chi connectivity index (χ4n) is 8.19. The van der Waals surface area contributed by atoms with E-state index < -0.39 is 0 Å². The molecule has 0 aliphatic rings. The minimum absolute atomic E-state index is 0.906. The molecule has 10 aromatic rings. The van der Waals surface area contributed by atoms with Crippen LogP contribution >= 0.6 is 0 Å². The van der Waals surface area contributed by atoms with Crippen LogP contribution in [0.3, 0.4) is 0 Å². The molecule has 266 valence electrons. The quantitative estimate of drug-likeness (QED) is 0.146. The smallest absolute Gasteiger partial charge is 0.143 e. The van der Waals surface area contributed by atoms with E-state index in [2.05, 4.69) is 192 Å². The molecular weight excluding hydrogens is 681 g/mol. The number of rotatable bonds is 8. The third-order valence-corrected chi connectivity index (χ3v) is 10.9. The van der Waals surface area contributed by atoms with Gasteiger partial charge in [0, 0.05) is 49.9 Å². The van der Waals surface area contributed by atoms with Crippen molar-refractivity contribution in [1.29, 1.82) is 0 Å². The number of hydrogen-bond acceptors (Lipinski definition) is 2. The number of furan rings is 1. The Hall–Kier alpha value is -7.36. The lowest BCUT2D eigenvalue weighted by atomic mass is 10.0. The second-order valence-electron chi connectivity index (χ2n) is 14.1. The van der Waals surface area contributed by atoms with E-state index in [0.29, 0.717) is 0 Å². The Morgan fingerprint density at radius 2 is 1.18 bits per heavy atom. The molecule has 0 aliphatic carbocycles. The minimum atomic E-state index is 0.906. The van der Waals surface area contributed by atoms with E-state index in [1.807, 2.05) is 31.2 Å². The highest BCUT2D eigenvalue weighted by atomic mass is 16.3. The maximum Gasteiger partial charge on any atom is 0.143 e. The highest BCUT2D eigenvalue weighted by Crippen LogP contribution is 2.41. The van der Waals surface area contributed by atoms with E-state index in [-0.39, 0.29) is 0 Å². The van der Waals surface area contributed by atoms with Crippen molar-refractivity contribution in [2.24, 2.45) is 0 Å². The first kappa shape index (κ1) is 33.2. The molecule has 0 N–H and O–H groups in total. The zero-order valence-corrected chi connectivity index (χ0v) is 31.1. The number of nitrogens with zero attached hydrogens (tertiary/aromatic N) is 2. The number of benzene rings is 8. The predicted octanol–water partition coefficient (Wildman–Crippen LogP) is 15.3. The van der Waals surface area contributed by atoms with Gasteiger partial charge in [-0.15, -0.1) is 0 Å². The Morgan fingerprint density at radius 3 is 1.96 bits per heavy atom. The van der Waals surface area contributed by atoms with Gasteiger partial charge < -0.3 is 13.9 Å². The first-order chi connectivity index (χ1) is 27.7. The van der Waals surface area contributed by atoms with Gasteiger partial charge >= 0.3 is 0 Å². The van der Waals surface area contributed by atoms with Crippen molar-refractivity contribution in [3.63, 3.8) is 0 Å². The van der Waals surface area contributed by atoms with E-state index in [0.717, 1.165) is 72.4 Å². The van der Waals surface area contributed by atoms with Crippen LogP contribution in [0, 0.1) is 0 Å². The van der Waals surface area contributed by atoms with Gasteiger partial charge in [0.05, 0.1) is 11.0 Å². The predicted molar refractivity (Wildman–Crippen MR) is 239 cm³/mol. The van der Waals surface area contributed by atoms with Crippen LogP contribution in [-0.2, 0) is 0 Å². The molecule has 0 amide bonds. The number of anilines is 3. The molecule has 2 heterocycles. The third kappa shape index (κ3) is 5.61. The number of aromatic nitrogens is 1. The molecule has 0 spiro atoms. The van der Waals surface area contributed by atoms with Crippen molar-refractivity contribution in [3.05, 3.63) is 207 Å². The van der Waals surface area contributed by atoms with Crippen molar-refractivity contribution in [2.45, 2.75) is 6.92 Å². The van der Waals surface area contributed by atoms with Crippen LogP contribution in [0.5, 0.6) is 0 Å². The van der Waals surface area contributed by atoms with Gasteiger partial charge in [-0.3, -0.25) is 0 Å². The van der Waals surface area contributed by atoms with E-state index in [9.17, 15) is 0 Å². The van der Waals surface area contributed by atoms with Crippen LogP contribution in [-0.4, -0.2) is 4.57 Å². The van der Waals surface area contributed by atoms with Gasteiger partial charge in [-0.05, 0) is 107 Å². The Morgan fingerprint density at radius 1 is 0.536 bits per heavy atom. The van der Waals surface area contributed by atoms with Gasteiger partial charge in [0.25, 0.3) is 0 Å². The Balaban J connectivity index is 1.05. The topological polar surface area (TPSA) is 21.3 Å². The first-order valence-electron chi connectivity index (χ1n) is 19.1. The molecule has 0 radical (unpaired) electrons. The Labute approximate surface area is 326 Å². The fourth-order valence-corrected chi connectivity index (χ4v) is 8.19. The lowest BCUT2D eigenvalue weighted by molar-refractivity contribution is 0.670. The number of fused-ring (bicyclic) bond motifs is 7. The van der Waals surface area contributed by atoms with Gasteiger partial charge in [0.1, 0.15) is 11.2 Å². The second kappa shape index (κ2) is 13.8. The van der Waals surface area contributed by atoms with Gasteiger partial charge in [-0.25, -0.2) is 0 Å². The molecule has 0 fully saturated rings. The van der Waals surface area contributed by atoms with Crippen molar-refractivity contribution in [2.75, 3.05) is 4.90 Å². The zero-order valence-electron chi connectivity index (χ0n) is 31.1. The highest BCUT2D eigenvalue weighted by Gasteiger charge is 2.17. The van der Waals surface area contributed by atoms with Crippen LogP contribution in [0.1, 0.15) is 6.92 Å². The van der Waals surface area contributed by atoms with Gasteiger partial charge in [0.15, 0.2) is 0 Å². The molecule has 0 atom stereocenters. The van der Waals surface area contributed by atoms with E-state index in [1.54, 1.807) is 0 Å². The molecule has 0 saturated heterocycles. The summed E-state index contributed by atoms with van der Waals surface area (Å²) < 4.78 is 8.70. The Bertz CT molecular complexity index is 3160. The fraction of sp³-hybridized carbons (Fsp3) is 0.0189. The Kier molecular flexibility index (Phi) is 8.19. The molecular formula is C53H38N2O. The van der Waals surface area contributed by atoms with Crippen molar-refractivity contribution in [1.82, 2.24) is 4.57 Å². The molecule has 3 heteroatoms. The van der Waals surface area contributed by atoms with E-state index in [1.165, 1.54) is 27.1 Å².